The maximum Gasteiger partial charge on any atom is 0.461 e. The molecule has 0 heterocycles. The second-order valence-corrected chi connectivity index (χ2v) is 6.10. The fraction of sp³-hybridized carbons (Fsp3) is 0.316. The van der Waals surface area contributed by atoms with Gasteiger partial charge in [0.2, 0.25) is 0 Å². The molecule has 1 atom stereocenters. The van der Waals surface area contributed by atoms with Crippen LogP contribution in [0.4, 0.5) is 26.3 Å². The first-order chi connectivity index (χ1) is 13.0. The third-order valence-corrected chi connectivity index (χ3v) is 3.52. The van der Waals surface area contributed by atoms with Gasteiger partial charge < -0.3 is 9.47 Å². The van der Waals surface area contributed by atoms with Crippen molar-refractivity contribution in [3.63, 3.8) is 0 Å². The molecule has 2 rings (SSSR count). The number of hydrogen-bond acceptors (Lipinski definition) is 3. The molecule has 0 aliphatic heterocycles. The van der Waals surface area contributed by atoms with E-state index in [1.807, 2.05) is 6.07 Å². The summed E-state index contributed by atoms with van der Waals surface area (Å²) in [4.78, 5) is 0. The molecular weight excluding hydrogens is 388 g/mol. The van der Waals surface area contributed by atoms with E-state index in [1.165, 1.54) is 12.1 Å². The second-order valence-electron chi connectivity index (χ2n) is 6.10. The summed E-state index contributed by atoms with van der Waals surface area (Å²) in [7, 11) is 0. The van der Waals surface area contributed by atoms with Gasteiger partial charge in [0.15, 0.2) is 11.6 Å². The molecule has 0 saturated carbocycles. The number of nitriles is 1. The maximum absolute atomic E-state index is 13.8. The van der Waals surface area contributed by atoms with Crippen molar-refractivity contribution >= 4 is 0 Å². The summed E-state index contributed by atoms with van der Waals surface area (Å²) in [5.41, 5.74) is 0.0568. The Balaban J connectivity index is 2.44. The fourth-order valence-corrected chi connectivity index (χ4v) is 2.40. The van der Waals surface area contributed by atoms with E-state index in [0.717, 1.165) is 18.2 Å². The molecule has 150 valence electrons. The number of rotatable bonds is 7. The lowest BCUT2D eigenvalue weighted by Crippen LogP contribution is -2.33. The minimum atomic E-state index is -4.83. The fourth-order valence-electron chi connectivity index (χ4n) is 2.40. The molecule has 28 heavy (non-hydrogen) atoms. The molecule has 0 saturated heterocycles. The van der Waals surface area contributed by atoms with Crippen molar-refractivity contribution in [1.82, 2.24) is 0 Å². The van der Waals surface area contributed by atoms with Gasteiger partial charge in [-0.1, -0.05) is 6.07 Å². The molecular formula is C19H15F6NO2. The third kappa shape index (κ3) is 5.09. The molecule has 0 aromatic heterocycles. The molecule has 2 aromatic rings. The Kier molecular flexibility index (Phi) is 6.44. The SMILES string of the molecule is CC(C)Oc1cc(C(C#N)c2cc(F)cc(OC(F)(F)C(F)F)c2)ccc1F. The summed E-state index contributed by atoms with van der Waals surface area (Å²) in [6.45, 7) is 3.32. The van der Waals surface area contributed by atoms with E-state index in [4.69, 9.17) is 4.74 Å². The first-order valence-corrected chi connectivity index (χ1v) is 8.04. The Morgan fingerprint density at radius 1 is 1.00 bits per heavy atom. The Bertz CT molecular complexity index is 879. The van der Waals surface area contributed by atoms with Gasteiger partial charge in [-0.25, -0.2) is 8.78 Å². The molecule has 0 radical (unpaired) electrons. The highest BCUT2D eigenvalue weighted by atomic mass is 19.3. The van der Waals surface area contributed by atoms with Crippen molar-refractivity contribution < 1.29 is 35.8 Å². The lowest BCUT2D eigenvalue weighted by Gasteiger charge is -2.19. The van der Waals surface area contributed by atoms with Crippen molar-refractivity contribution in [2.75, 3.05) is 0 Å². The van der Waals surface area contributed by atoms with Crippen LogP contribution in [-0.2, 0) is 0 Å². The van der Waals surface area contributed by atoms with Crippen LogP contribution in [0.5, 0.6) is 11.5 Å². The van der Waals surface area contributed by atoms with Gasteiger partial charge in [-0.3, -0.25) is 0 Å². The molecule has 2 aromatic carbocycles. The summed E-state index contributed by atoms with van der Waals surface area (Å²) in [5, 5.41) is 9.46. The Labute approximate surface area is 157 Å². The minimum absolute atomic E-state index is 0.135. The highest BCUT2D eigenvalue weighted by Gasteiger charge is 2.44. The van der Waals surface area contributed by atoms with E-state index < -0.39 is 35.8 Å². The van der Waals surface area contributed by atoms with Crippen molar-refractivity contribution in [2.24, 2.45) is 0 Å². The molecule has 3 nitrogen and oxygen atoms in total. The average molecular weight is 403 g/mol. The zero-order valence-electron chi connectivity index (χ0n) is 14.7. The van der Waals surface area contributed by atoms with Crippen LogP contribution in [0.1, 0.15) is 30.9 Å². The van der Waals surface area contributed by atoms with Crippen LogP contribution in [0.2, 0.25) is 0 Å². The Hall–Kier alpha value is -2.89. The number of ether oxygens (including phenoxy) is 2. The van der Waals surface area contributed by atoms with Crippen molar-refractivity contribution in [3.8, 4) is 17.6 Å². The first-order valence-electron chi connectivity index (χ1n) is 8.04. The van der Waals surface area contributed by atoms with Gasteiger partial charge in [-0.05, 0) is 49.2 Å². The van der Waals surface area contributed by atoms with Gasteiger partial charge in [0.1, 0.15) is 11.6 Å². The molecule has 0 spiro atoms. The summed E-state index contributed by atoms with van der Waals surface area (Å²) in [5.74, 6) is -3.99. The summed E-state index contributed by atoms with van der Waals surface area (Å²) in [6.07, 6.45) is -9.32. The molecule has 0 fully saturated rings. The Morgan fingerprint density at radius 2 is 1.68 bits per heavy atom. The zero-order valence-corrected chi connectivity index (χ0v) is 14.7. The normalized spacial score (nSPS) is 12.8. The smallest absolute Gasteiger partial charge is 0.461 e. The molecule has 9 heteroatoms. The molecule has 0 N–H and O–H groups in total. The quantitative estimate of drug-likeness (QED) is 0.562. The Morgan fingerprint density at radius 3 is 2.25 bits per heavy atom. The van der Waals surface area contributed by atoms with E-state index in [2.05, 4.69) is 4.74 Å². The van der Waals surface area contributed by atoms with Crippen LogP contribution in [0.25, 0.3) is 0 Å². The highest BCUT2D eigenvalue weighted by molar-refractivity contribution is 5.44. The van der Waals surface area contributed by atoms with Crippen molar-refractivity contribution in [1.29, 1.82) is 5.26 Å². The maximum atomic E-state index is 13.8. The van der Waals surface area contributed by atoms with Crippen LogP contribution in [0, 0.1) is 23.0 Å². The molecule has 0 amide bonds. The number of hydrogen-bond donors (Lipinski definition) is 0. The number of benzene rings is 2. The van der Waals surface area contributed by atoms with E-state index in [1.54, 1.807) is 13.8 Å². The van der Waals surface area contributed by atoms with Crippen LogP contribution < -0.4 is 9.47 Å². The monoisotopic (exact) mass is 403 g/mol. The average Bonchev–Trinajstić information content (AvgIpc) is 2.57. The number of alkyl halides is 4. The first kappa shape index (κ1) is 21.4. The van der Waals surface area contributed by atoms with Gasteiger partial charge in [0.05, 0.1) is 18.1 Å². The number of nitrogens with zero attached hydrogens (tertiary/aromatic N) is 1. The highest BCUT2D eigenvalue weighted by Crippen LogP contribution is 2.34. The topological polar surface area (TPSA) is 42.2 Å². The predicted octanol–water partition coefficient (Wildman–Crippen LogP) is 5.64. The molecule has 0 bridgehead atoms. The second kappa shape index (κ2) is 8.42. The van der Waals surface area contributed by atoms with E-state index in [0.29, 0.717) is 6.07 Å². The van der Waals surface area contributed by atoms with Gasteiger partial charge >= 0.3 is 12.5 Å². The number of halogens is 6. The van der Waals surface area contributed by atoms with Gasteiger partial charge in [0.25, 0.3) is 0 Å². The largest absolute Gasteiger partial charge is 0.488 e. The summed E-state index contributed by atoms with van der Waals surface area (Å²) < 4.78 is 87.7. The van der Waals surface area contributed by atoms with Crippen molar-refractivity contribution in [2.45, 2.75) is 38.4 Å². The van der Waals surface area contributed by atoms with Crippen LogP contribution in [0.15, 0.2) is 36.4 Å². The van der Waals surface area contributed by atoms with Gasteiger partial charge in [-0.2, -0.15) is 22.8 Å². The lowest BCUT2D eigenvalue weighted by atomic mass is 9.92. The van der Waals surface area contributed by atoms with Crippen LogP contribution >= 0.6 is 0 Å². The third-order valence-electron chi connectivity index (χ3n) is 3.52. The molecule has 1 unspecified atom stereocenters. The standard InChI is InChI=1S/C19H15F6NO2/c1-10(2)27-17-7-11(3-4-16(17)21)15(9-26)12-5-13(20)8-14(6-12)28-19(24,25)18(22)23/h3-8,10,15,18H,1-2H3. The summed E-state index contributed by atoms with van der Waals surface area (Å²) in [6, 6.07) is 7.56. The molecule has 0 aliphatic rings. The van der Waals surface area contributed by atoms with Crippen molar-refractivity contribution in [3.05, 3.63) is 59.2 Å². The zero-order chi connectivity index (χ0) is 21.1. The van der Waals surface area contributed by atoms with Crippen LogP contribution in [-0.4, -0.2) is 18.6 Å². The minimum Gasteiger partial charge on any atom is -0.488 e. The summed E-state index contributed by atoms with van der Waals surface area (Å²) >= 11 is 0. The van der Waals surface area contributed by atoms with Gasteiger partial charge in [-0.15, -0.1) is 0 Å². The predicted molar refractivity (Wildman–Crippen MR) is 87.6 cm³/mol. The lowest BCUT2D eigenvalue weighted by molar-refractivity contribution is -0.253. The van der Waals surface area contributed by atoms with E-state index >= 15 is 0 Å². The van der Waals surface area contributed by atoms with Crippen LogP contribution in [0.3, 0.4) is 0 Å². The van der Waals surface area contributed by atoms with E-state index in [-0.39, 0.29) is 23.0 Å². The molecule has 0 aliphatic carbocycles. The van der Waals surface area contributed by atoms with E-state index in [9.17, 15) is 31.6 Å². The van der Waals surface area contributed by atoms with Gasteiger partial charge in [0, 0.05) is 6.07 Å².